The van der Waals surface area contributed by atoms with Crippen LogP contribution in [0.25, 0.3) is 0 Å². The molecule has 1 aromatic carbocycles. The highest BCUT2D eigenvalue weighted by molar-refractivity contribution is 7.89. The average molecular weight is 413 g/mol. The second kappa shape index (κ2) is 8.93. The minimum atomic E-state index is -4.10. The number of carbonyl (C=O) groups excluding carboxylic acids is 2. The predicted molar refractivity (Wildman–Crippen MR) is 96.7 cm³/mol. The minimum Gasteiger partial charge on any atom is -0.452 e. The zero-order valence-corrected chi connectivity index (χ0v) is 16.4. The fourth-order valence-corrected chi connectivity index (χ4v) is 3.90. The van der Waals surface area contributed by atoms with E-state index in [9.17, 15) is 22.4 Å². The number of nitrogens with one attached hydrogen (secondary N) is 1. The van der Waals surface area contributed by atoms with Gasteiger partial charge in [-0.1, -0.05) is 19.0 Å². The quantitative estimate of drug-likeness (QED) is 0.657. The molecule has 0 atom stereocenters. The number of halogens is 1. The van der Waals surface area contributed by atoms with Crippen molar-refractivity contribution in [1.82, 2.24) is 9.46 Å². The van der Waals surface area contributed by atoms with E-state index in [-0.39, 0.29) is 24.5 Å². The molecule has 0 aliphatic rings. The van der Waals surface area contributed by atoms with Crippen LogP contribution in [0, 0.1) is 12.7 Å². The van der Waals surface area contributed by atoms with Crippen molar-refractivity contribution in [2.75, 3.05) is 25.0 Å². The predicted octanol–water partition coefficient (Wildman–Crippen LogP) is 1.95. The van der Waals surface area contributed by atoms with Crippen LogP contribution in [0.1, 0.15) is 30.0 Å². The number of nitrogens with zero attached hydrogens (tertiary/aromatic N) is 2. The van der Waals surface area contributed by atoms with Gasteiger partial charge in [0.05, 0.1) is 5.56 Å². The van der Waals surface area contributed by atoms with Gasteiger partial charge in [-0.05, 0) is 25.1 Å². The third kappa shape index (κ3) is 4.93. The maximum atomic E-state index is 14.1. The van der Waals surface area contributed by atoms with Gasteiger partial charge in [-0.2, -0.15) is 4.31 Å². The Bertz CT molecular complexity index is 969. The van der Waals surface area contributed by atoms with E-state index < -0.39 is 39.2 Å². The number of esters is 1. The molecule has 0 spiro atoms. The molecule has 2 aromatic rings. The molecule has 152 valence electrons. The third-order valence-electron chi connectivity index (χ3n) is 3.72. The fraction of sp³-hybridized carbons (Fsp3) is 0.353. The largest absolute Gasteiger partial charge is 0.452 e. The first-order chi connectivity index (χ1) is 13.2. The highest BCUT2D eigenvalue weighted by atomic mass is 32.2. The lowest BCUT2D eigenvalue weighted by molar-refractivity contribution is -0.119. The zero-order chi connectivity index (χ0) is 20.9. The second-order valence-corrected chi connectivity index (χ2v) is 7.59. The molecule has 11 heteroatoms. The number of aryl methyl sites for hydroxylation is 1. The lowest BCUT2D eigenvalue weighted by Crippen LogP contribution is -2.31. The molecule has 0 radical (unpaired) electrons. The summed E-state index contributed by atoms with van der Waals surface area (Å²) in [6.45, 7) is 4.53. The highest BCUT2D eigenvalue weighted by Crippen LogP contribution is 2.21. The molecule has 0 aliphatic heterocycles. The maximum absolute atomic E-state index is 14.1. The Morgan fingerprint density at radius 2 is 1.93 bits per heavy atom. The van der Waals surface area contributed by atoms with Crippen molar-refractivity contribution in [3.05, 3.63) is 41.4 Å². The second-order valence-electron chi connectivity index (χ2n) is 5.68. The van der Waals surface area contributed by atoms with Gasteiger partial charge < -0.3 is 14.6 Å². The van der Waals surface area contributed by atoms with Crippen molar-refractivity contribution in [1.29, 1.82) is 0 Å². The fourth-order valence-electron chi connectivity index (χ4n) is 2.35. The molecule has 2 rings (SSSR count). The maximum Gasteiger partial charge on any atom is 0.338 e. The van der Waals surface area contributed by atoms with Crippen LogP contribution in [-0.4, -0.2) is 49.5 Å². The number of benzene rings is 1. The van der Waals surface area contributed by atoms with E-state index in [1.54, 1.807) is 20.8 Å². The topological polar surface area (TPSA) is 119 Å². The summed E-state index contributed by atoms with van der Waals surface area (Å²) in [5.41, 5.74) is -0.197. The molecule has 28 heavy (non-hydrogen) atoms. The van der Waals surface area contributed by atoms with Crippen LogP contribution < -0.4 is 5.32 Å². The lowest BCUT2D eigenvalue weighted by Gasteiger charge is -2.19. The molecule has 0 fully saturated rings. The van der Waals surface area contributed by atoms with E-state index in [2.05, 4.69) is 10.5 Å². The average Bonchev–Trinajstić information content (AvgIpc) is 3.05. The lowest BCUT2D eigenvalue weighted by atomic mass is 10.2. The Morgan fingerprint density at radius 1 is 1.25 bits per heavy atom. The molecule has 0 bridgehead atoms. The van der Waals surface area contributed by atoms with Crippen LogP contribution in [0.3, 0.4) is 0 Å². The van der Waals surface area contributed by atoms with Crippen molar-refractivity contribution < 1.29 is 31.7 Å². The summed E-state index contributed by atoms with van der Waals surface area (Å²) < 4.78 is 49.8. The van der Waals surface area contributed by atoms with Crippen LogP contribution in [0.5, 0.6) is 0 Å². The molecule has 9 nitrogen and oxygen atoms in total. The Labute approximate surface area is 161 Å². The van der Waals surface area contributed by atoms with Crippen molar-refractivity contribution in [3.63, 3.8) is 0 Å². The SMILES string of the molecule is CCN(CC)S(=O)(=O)c1cc(C(=O)OCC(=O)Nc2cc(C)on2)ccc1F. The van der Waals surface area contributed by atoms with Crippen LogP contribution in [0.4, 0.5) is 10.2 Å². The normalized spacial score (nSPS) is 11.5. The molecule has 1 heterocycles. The van der Waals surface area contributed by atoms with Crippen molar-refractivity contribution >= 4 is 27.7 Å². The molecule has 1 amide bonds. The first-order valence-electron chi connectivity index (χ1n) is 8.39. The van der Waals surface area contributed by atoms with E-state index in [1.165, 1.54) is 6.07 Å². The minimum absolute atomic E-state index is 0.147. The molecule has 1 aromatic heterocycles. The van der Waals surface area contributed by atoms with Crippen LogP contribution in [-0.2, 0) is 19.6 Å². The first-order valence-corrected chi connectivity index (χ1v) is 9.83. The van der Waals surface area contributed by atoms with Gasteiger partial charge >= 0.3 is 5.97 Å². The Hall–Kier alpha value is -2.79. The molecule has 0 aliphatic carbocycles. The summed E-state index contributed by atoms with van der Waals surface area (Å²) >= 11 is 0. The van der Waals surface area contributed by atoms with E-state index >= 15 is 0 Å². The molecule has 0 unspecified atom stereocenters. The number of rotatable bonds is 8. The number of sulfonamides is 1. The van der Waals surface area contributed by atoms with E-state index in [0.717, 1.165) is 22.5 Å². The number of aromatic nitrogens is 1. The molecule has 0 saturated heterocycles. The summed E-state index contributed by atoms with van der Waals surface area (Å²) in [7, 11) is -4.10. The Morgan fingerprint density at radius 3 is 2.50 bits per heavy atom. The number of hydrogen-bond acceptors (Lipinski definition) is 7. The molecular formula is C17H20FN3O6S. The highest BCUT2D eigenvalue weighted by Gasteiger charge is 2.26. The van der Waals surface area contributed by atoms with E-state index in [4.69, 9.17) is 9.26 Å². The Kier molecular flexibility index (Phi) is 6.86. The molecule has 1 N–H and O–H groups in total. The summed E-state index contributed by atoms with van der Waals surface area (Å²) in [6.07, 6.45) is 0. The van der Waals surface area contributed by atoms with Gasteiger partial charge in [0.15, 0.2) is 12.4 Å². The number of anilines is 1. The summed E-state index contributed by atoms with van der Waals surface area (Å²) in [4.78, 5) is 23.3. The zero-order valence-electron chi connectivity index (χ0n) is 15.6. The van der Waals surface area contributed by atoms with Gasteiger partial charge in [0.1, 0.15) is 16.5 Å². The molecule has 0 saturated carbocycles. The van der Waals surface area contributed by atoms with E-state index in [1.807, 2.05) is 0 Å². The number of ether oxygens (including phenoxy) is 1. The number of carbonyl (C=O) groups is 2. The van der Waals surface area contributed by atoms with Gasteiger partial charge in [-0.25, -0.2) is 17.6 Å². The van der Waals surface area contributed by atoms with Gasteiger partial charge in [0, 0.05) is 19.2 Å². The third-order valence-corrected chi connectivity index (χ3v) is 5.78. The number of hydrogen-bond donors (Lipinski definition) is 1. The van der Waals surface area contributed by atoms with Crippen molar-refractivity contribution in [3.8, 4) is 0 Å². The van der Waals surface area contributed by atoms with Crippen LogP contribution in [0.2, 0.25) is 0 Å². The Balaban J connectivity index is 2.10. The van der Waals surface area contributed by atoms with Crippen molar-refractivity contribution in [2.24, 2.45) is 0 Å². The summed E-state index contributed by atoms with van der Waals surface area (Å²) in [5, 5.41) is 5.92. The van der Waals surface area contributed by atoms with Crippen LogP contribution >= 0.6 is 0 Å². The van der Waals surface area contributed by atoms with E-state index in [0.29, 0.717) is 5.76 Å². The van der Waals surface area contributed by atoms with Gasteiger partial charge in [-0.3, -0.25) is 4.79 Å². The number of amides is 1. The molecular weight excluding hydrogens is 393 g/mol. The van der Waals surface area contributed by atoms with Gasteiger partial charge in [-0.15, -0.1) is 0 Å². The van der Waals surface area contributed by atoms with Crippen molar-refractivity contribution in [2.45, 2.75) is 25.7 Å². The first kappa shape index (κ1) is 21.5. The monoisotopic (exact) mass is 413 g/mol. The summed E-state index contributed by atoms with van der Waals surface area (Å²) in [6, 6.07) is 4.32. The van der Waals surface area contributed by atoms with Gasteiger partial charge in [0.2, 0.25) is 10.0 Å². The standard InChI is InChI=1S/C17H20FN3O6S/c1-4-21(5-2)28(24,25)14-9-12(6-7-13(14)18)17(23)26-10-16(22)19-15-8-11(3)27-20-15/h6-9H,4-5,10H2,1-3H3,(H,19,20,22). The van der Waals surface area contributed by atoms with Gasteiger partial charge in [0.25, 0.3) is 5.91 Å². The summed E-state index contributed by atoms with van der Waals surface area (Å²) in [5.74, 6) is -1.97. The smallest absolute Gasteiger partial charge is 0.338 e. The van der Waals surface area contributed by atoms with Crippen LogP contribution in [0.15, 0.2) is 33.7 Å².